The molecule has 2 heterocycles. The van der Waals surface area contributed by atoms with Crippen molar-refractivity contribution in [2.45, 2.75) is 19.9 Å². The third-order valence-electron chi connectivity index (χ3n) is 3.35. The van der Waals surface area contributed by atoms with Crippen LogP contribution in [-0.2, 0) is 9.53 Å². The number of rotatable bonds is 4. The highest BCUT2D eigenvalue weighted by atomic mass is 16.5. The van der Waals surface area contributed by atoms with Crippen molar-refractivity contribution in [3.8, 4) is 0 Å². The molecule has 7 heteroatoms. The van der Waals surface area contributed by atoms with E-state index in [9.17, 15) is 4.79 Å². The minimum Gasteiger partial charge on any atom is -0.377 e. The van der Waals surface area contributed by atoms with E-state index >= 15 is 0 Å². The number of amides is 1. The van der Waals surface area contributed by atoms with Gasteiger partial charge in [-0.3, -0.25) is 4.79 Å². The lowest BCUT2D eigenvalue weighted by Crippen LogP contribution is -2.54. The summed E-state index contributed by atoms with van der Waals surface area (Å²) < 4.78 is 5.44. The zero-order valence-electron chi connectivity index (χ0n) is 12.1. The van der Waals surface area contributed by atoms with Gasteiger partial charge in [-0.25, -0.2) is 9.97 Å². The fourth-order valence-corrected chi connectivity index (χ4v) is 2.35. The molecule has 0 radical (unpaired) electrons. The maximum absolute atomic E-state index is 12.2. The normalized spacial score (nSPS) is 18.8. The first kappa shape index (κ1) is 14.5. The highest BCUT2D eigenvalue weighted by molar-refractivity contribution is 5.85. The Morgan fingerprint density at radius 3 is 3.05 bits per heavy atom. The number of hydrogen-bond acceptors (Lipinski definition) is 6. The molecule has 1 saturated heterocycles. The third-order valence-corrected chi connectivity index (χ3v) is 3.35. The smallest absolute Gasteiger partial charge is 0.245 e. The molecule has 0 spiro atoms. The molecule has 20 heavy (non-hydrogen) atoms. The number of likely N-dealkylation sites (N-methyl/N-ethyl adjacent to an activating group) is 1. The van der Waals surface area contributed by atoms with Crippen molar-refractivity contribution in [2.24, 2.45) is 0 Å². The lowest BCUT2D eigenvalue weighted by molar-refractivity contribution is -0.124. The van der Waals surface area contributed by atoms with Crippen molar-refractivity contribution in [1.82, 2.24) is 15.3 Å². The SMILES string of the molecule is CCNC(=O)C1COCCN1c1ncnc(NC)c1C. The van der Waals surface area contributed by atoms with Crippen LogP contribution >= 0.6 is 0 Å². The minimum atomic E-state index is -0.345. The van der Waals surface area contributed by atoms with Crippen molar-refractivity contribution in [3.63, 3.8) is 0 Å². The number of nitrogens with zero attached hydrogens (tertiary/aromatic N) is 3. The van der Waals surface area contributed by atoms with Gasteiger partial charge in [0.1, 0.15) is 24.0 Å². The van der Waals surface area contributed by atoms with Crippen molar-refractivity contribution < 1.29 is 9.53 Å². The van der Waals surface area contributed by atoms with Gasteiger partial charge < -0.3 is 20.3 Å². The highest BCUT2D eigenvalue weighted by Gasteiger charge is 2.31. The van der Waals surface area contributed by atoms with Gasteiger partial charge in [0, 0.05) is 25.7 Å². The summed E-state index contributed by atoms with van der Waals surface area (Å²) in [5, 5.41) is 5.88. The van der Waals surface area contributed by atoms with E-state index in [1.165, 1.54) is 6.33 Å². The van der Waals surface area contributed by atoms with E-state index in [-0.39, 0.29) is 11.9 Å². The monoisotopic (exact) mass is 279 g/mol. The topological polar surface area (TPSA) is 79.4 Å². The number of morpholine rings is 1. The molecular weight excluding hydrogens is 258 g/mol. The minimum absolute atomic E-state index is 0.0313. The van der Waals surface area contributed by atoms with Crippen LogP contribution in [0.1, 0.15) is 12.5 Å². The summed E-state index contributed by atoms with van der Waals surface area (Å²) in [6.45, 7) is 6.07. The second-order valence-corrected chi connectivity index (χ2v) is 4.60. The van der Waals surface area contributed by atoms with Crippen LogP contribution in [0.4, 0.5) is 11.6 Å². The van der Waals surface area contributed by atoms with Crippen LogP contribution in [0.25, 0.3) is 0 Å². The van der Waals surface area contributed by atoms with Gasteiger partial charge in [-0.1, -0.05) is 0 Å². The van der Waals surface area contributed by atoms with Gasteiger partial charge in [0.05, 0.1) is 13.2 Å². The number of carbonyl (C=O) groups excluding carboxylic acids is 1. The molecule has 110 valence electrons. The quantitative estimate of drug-likeness (QED) is 0.818. The molecule has 0 aliphatic carbocycles. The Labute approximate surface area is 118 Å². The zero-order valence-corrected chi connectivity index (χ0v) is 12.1. The average Bonchev–Trinajstić information content (AvgIpc) is 2.48. The van der Waals surface area contributed by atoms with Gasteiger partial charge in [-0.2, -0.15) is 0 Å². The third kappa shape index (κ3) is 2.82. The Morgan fingerprint density at radius 1 is 1.55 bits per heavy atom. The molecular formula is C13H21N5O2. The Balaban J connectivity index is 2.30. The summed E-state index contributed by atoms with van der Waals surface area (Å²) in [5.41, 5.74) is 0.936. The maximum Gasteiger partial charge on any atom is 0.245 e. The highest BCUT2D eigenvalue weighted by Crippen LogP contribution is 2.25. The first-order valence-electron chi connectivity index (χ1n) is 6.80. The van der Waals surface area contributed by atoms with Gasteiger partial charge in [0.15, 0.2) is 0 Å². The van der Waals surface area contributed by atoms with Crippen LogP contribution in [-0.4, -0.2) is 55.3 Å². The van der Waals surface area contributed by atoms with Gasteiger partial charge in [-0.05, 0) is 13.8 Å². The Hall–Kier alpha value is -1.89. The molecule has 1 aromatic heterocycles. The van der Waals surface area contributed by atoms with E-state index < -0.39 is 0 Å². The summed E-state index contributed by atoms with van der Waals surface area (Å²) >= 11 is 0. The van der Waals surface area contributed by atoms with E-state index in [4.69, 9.17) is 4.74 Å². The molecule has 1 aliphatic heterocycles. The van der Waals surface area contributed by atoms with Crippen LogP contribution in [0.15, 0.2) is 6.33 Å². The number of nitrogens with one attached hydrogen (secondary N) is 2. The van der Waals surface area contributed by atoms with E-state index in [0.29, 0.717) is 26.3 Å². The number of hydrogen-bond donors (Lipinski definition) is 2. The Kier molecular flexibility index (Phi) is 4.73. The molecule has 1 atom stereocenters. The Bertz CT molecular complexity index is 480. The average molecular weight is 279 g/mol. The van der Waals surface area contributed by atoms with E-state index in [1.807, 2.05) is 25.8 Å². The fraction of sp³-hybridized carbons (Fsp3) is 0.615. The zero-order chi connectivity index (χ0) is 14.5. The molecule has 2 rings (SSSR count). The van der Waals surface area contributed by atoms with Crippen molar-refractivity contribution >= 4 is 17.5 Å². The molecule has 1 amide bonds. The van der Waals surface area contributed by atoms with Crippen LogP contribution < -0.4 is 15.5 Å². The van der Waals surface area contributed by atoms with Gasteiger partial charge >= 0.3 is 0 Å². The molecule has 7 nitrogen and oxygen atoms in total. The molecule has 0 saturated carbocycles. The van der Waals surface area contributed by atoms with E-state index in [0.717, 1.165) is 17.2 Å². The number of aromatic nitrogens is 2. The predicted octanol–water partition coefficient (Wildman–Crippen LogP) is 0.168. The molecule has 2 N–H and O–H groups in total. The molecule has 1 unspecified atom stereocenters. The van der Waals surface area contributed by atoms with Crippen LogP contribution in [0.5, 0.6) is 0 Å². The largest absolute Gasteiger partial charge is 0.377 e. The lowest BCUT2D eigenvalue weighted by Gasteiger charge is -2.36. The first-order valence-corrected chi connectivity index (χ1v) is 6.80. The molecule has 0 bridgehead atoms. The summed E-state index contributed by atoms with van der Waals surface area (Å²) in [7, 11) is 1.82. The van der Waals surface area contributed by atoms with Crippen molar-refractivity contribution in [3.05, 3.63) is 11.9 Å². The second kappa shape index (κ2) is 6.51. The molecule has 0 aromatic carbocycles. The van der Waals surface area contributed by atoms with Crippen LogP contribution in [0, 0.1) is 6.92 Å². The molecule has 1 fully saturated rings. The van der Waals surface area contributed by atoms with Crippen LogP contribution in [0.3, 0.4) is 0 Å². The fourth-order valence-electron chi connectivity index (χ4n) is 2.35. The summed E-state index contributed by atoms with van der Waals surface area (Å²) in [5.74, 6) is 1.52. The van der Waals surface area contributed by atoms with E-state index in [2.05, 4.69) is 20.6 Å². The molecule has 1 aliphatic rings. The summed E-state index contributed by atoms with van der Waals surface area (Å²) in [6, 6.07) is -0.345. The van der Waals surface area contributed by atoms with Gasteiger partial charge in [-0.15, -0.1) is 0 Å². The van der Waals surface area contributed by atoms with E-state index in [1.54, 1.807) is 0 Å². The standard InChI is InChI=1S/C13H21N5O2/c1-4-15-13(19)10-7-20-6-5-18(10)12-9(2)11(14-3)16-8-17-12/h8,10H,4-7H2,1-3H3,(H,15,19)(H,14,16,17). The van der Waals surface area contributed by atoms with Crippen molar-refractivity contribution in [1.29, 1.82) is 0 Å². The van der Waals surface area contributed by atoms with Crippen LogP contribution in [0.2, 0.25) is 0 Å². The van der Waals surface area contributed by atoms with Gasteiger partial charge in [0.2, 0.25) is 5.91 Å². The number of carbonyl (C=O) groups is 1. The molecule has 1 aromatic rings. The summed E-state index contributed by atoms with van der Waals surface area (Å²) in [4.78, 5) is 22.7. The first-order chi connectivity index (χ1) is 9.69. The van der Waals surface area contributed by atoms with Crippen molar-refractivity contribution in [2.75, 3.05) is 43.6 Å². The number of ether oxygens (including phenoxy) is 1. The second-order valence-electron chi connectivity index (χ2n) is 4.60. The summed E-state index contributed by atoms with van der Waals surface area (Å²) in [6.07, 6.45) is 1.51. The predicted molar refractivity (Wildman–Crippen MR) is 77.0 cm³/mol. The maximum atomic E-state index is 12.2. The number of anilines is 2. The van der Waals surface area contributed by atoms with Gasteiger partial charge in [0.25, 0.3) is 0 Å². The Morgan fingerprint density at radius 2 is 2.35 bits per heavy atom. The lowest BCUT2D eigenvalue weighted by atomic mass is 10.1.